The van der Waals surface area contributed by atoms with E-state index in [0.717, 1.165) is 27.9 Å². The molecule has 2 aliphatic rings. The molecule has 6 heteroatoms. The third kappa shape index (κ3) is 2.32. The molecule has 20 heavy (non-hydrogen) atoms. The van der Waals surface area contributed by atoms with Gasteiger partial charge in [0.05, 0.1) is 17.9 Å². The molecule has 1 aromatic carbocycles. The van der Waals surface area contributed by atoms with Crippen LogP contribution in [0.2, 0.25) is 0 Å². The van der Waals surface area contributed by atoms with E-state index >= 15 is 0 Å². The number of hydrogen-bond acceptors (Lipinski definition) is 4. The number of ether oxygens (including phenoxy) is 1. The largest absolute Gasteiger partial charge is 0.476 e. The first-order chi connectivity index (χ1) is 9.56. The third-order valence-corrected chi connectivity index (χ3v) is 4.10. The molecule has 0 atom stereocenters. The van der Waals surface area contributed by atoms with Crippen LogP contribution in [-0.2, 0) is 4.74 Å². The minimum absolute atomic E-state index is 0.287. The molecule has 1 aromatic rings. The van der Waals surface area contributed by atoms with Crippen molar-refractivity contribution in [3.05, 3.63) is 50.4 Å². The Labute approximate surface area is 130 Å². The summed E-state index contributed by atoms with van der Waals surface area (Å²) in [4.78, 5) is 2.10. The van der Waals surface area contributed by atoms with E-state index in [1.165, 1.54) is 6.07 Å². The Kier molecular flexibility index (Phi) is 3.49. The first kappa shape index (κ1) is 13.5. The lowest BCUT2D eigenvalue weighted by atomic mass is 10.1. The van der Waals surface area contributed by atoms with E-state index in [-0.39, 0.29) is 5.82 Å². The van der Waals surface area contributed by atoms with Crippen LogP contribution in [0.3, 0.4) is 0 Å². The van der Waals surface area contributed by atoms with Gasteiger partial charge in [-0.3, -0.25) is 0 Å². The number of fused-ring (bicyclic) bond motifs is 1. The molecule has 2 heterocycles. The molecule has 4 nitrogen and oxygen atoms in total. The second kappa shape index (κ2) is 5.16. The molecule has 0 aromatic heterocycles. The number of benzene rings is 1. The number of nitrogens with zero attached hydrogens (tertiary/aromatic N) is 1. The van der Waals surface area contributed by atoms with Crippen LogP contribution in [0.5, 0.6) is 0 Å². The lowest BCUT2D eigenvalue weighted by Gasteiger charge is -2.28. The van der Waals surface area contributed by atoms with Crippen LogP contribution in [0, 0.1) is 9.39 Å². The average molecular weight is 387 g/mol. The molecule has 0 amide bonds. The number of nitrogens with one attached hydrogen (secondary N) is 1. The van der Waals surface area contributed by atoms with E-state index in [9.17, 15) is 4.39 Å². The lowest BCUT2D eigenvalue weighted by molar-refractivity contribution is 0.230. The van der Waals surface area contributed by atoms with Gasteiger partial charge < -0.3 is 20.7 Å². The molecule has 1 fully saturated rings. The van der Waals surface area contributed by atoms with Crippen LogP contribution >= 0.6 is 22.6 Å². The maximum atomic E-state index is 13.9. The van der Waals surface area contributed by atoms with Crippen molar-refractivity contribution in [1.29, 1.82) is 0 Å². The Morgan fingerprint density at radius 2 is 2.25 bits per heavy atom. The zero-order chi connectivity index (χ0) is 14.3. The molecular weight excluding hydrogens is 372 g/mol. The Morgan fingerprint density at radius 1 is 1.45 bits per heavy atom. The molecule has 0 bridgehead atoms. The van der Waals surface area contributed by atoms with Crippen LogP contribution in [0.1, 0.15) is 6.92 Å². The maximum Gasteiger partial charge on any atom is 0.215 e. The fourth-order valence-electron chi connectivity index (χ4n) is 2.45. The molecule has 0 spiro atoms. The molecule has 3 N–H and O–H groups in total. The summed E-state index contributed by atoms with van der Waals surface area (Å²) in [6, 6.07) is 5.06. The summed E-state index contributed by atoms with van der Waals surface area (Å²) in [5, 5.41) is 3.10. The fraction of sp³-hybridized carbons (Fsp3) is 0.286. The minimum Gasteiger partial charge on any atom is -0.476 e. The van der Waals surface area contributed by atoms with Crippen molar-refractivity contribution in [1.82, 2.24) is 4.90 Å². The van der Waals surface area contributed by atoms with Crippen molar-refractivity contribution in [3.8, 4) is 0 Å². The van der Waals surface area contributed by atoms with Gasteiger partial charge >= 0.3 is 0 Å². The van der Waals surface area contributed by atoms with E-state index < -0.39 is 0 Å². The number of nitrogens with two attached hydrogens (primary N) is 1. The number of halogens is 2. The molecule has 0 aliphatic carbocycles. The SMILES string of the molecule is CC1=C(Nc2ccc(I)cc2F)C(N)=C2OCCN2C1. The topological polar surface area (TPSA) is 50.5 Å². The van der Waals surface area contributed by atoms with Crippen molar-refractivity contribution in [2.24, 2.45) is 5.73 Å². The molecule has 0 unspecified atom stereocenters. The second-order valence-electron chi connectivity index (χ2n) is 4.89. The van der Waals surface area contributed by atoms with Crippen molar-refractivity contribution in [3.63, 3.8) is 0 Å². The summed E-state index contributed by atoms with van der Waals surface area (Å²) in [5.41, 5.74) is 8.95. The second-order valence-corrected chi connectivity index (χ2v) is 6.14. The Balaban J connectivity index is 1.93. The first-order valence-corrected chi connectivity index (χ1v) is 7.44. The smallest absolute Gasteiger partial charge is 0.215 e. The summed E-state index contributed by atoms with van der Waals surface area (Å²) < 4.78 is 20.3. The fourth-order valence-corrected chi connectivity index (χ4v) is 2.90. The van der Waals surface area contributed by atoms with Crippen LogP contribution in [0.4, 0.5) is 10.1 Å². The van der Waals surface area contributed by atoms with E-state index in [2.05, 4.69) is 32.8 Å². The van der Waals surface area contributed by atoms with Crippen molar-refractivity contribution < 1.29 is 9.13 Å². The van der Waals surface area contributed by atoms with Crippen LogP contribution in [0.15, 0.2) is 41.0 Å². The predicted octanol–water partition coefficient (Wildman–Crippen LogP) is 2.59. The predicted molar refractivity (Wildman–Crippen MR) is 84.2 cm³/mol. The molecule has 0 radical (unpaired) electrons. The van der Waals surface area contributed by atoms with Crippen molar-refractivity contribution >= 4 is 28.3 Å². The first-order valence-electron chi connectivity index (χ1n) is 6.36. The van der Waals surface area contributed by atoms with E-state index in [1.807, 2.05) is 13.0 Å². The molecular formula is C14H15FIN3O. The van der Waals surface area contributed by atoms with Crippen molar-refractivity contribution in [2.75, 3.05) is 25.0 Å². The Bertz CT molecular complexity index is 627. The van der Waals surface area contributed by atoms with Crippen molar-refractivity contribution in [2.45, 2.75) is 6.92 Å². The van der Waals surface area contributed by atoms with E-state index in [4.69, 9.17) is 10.5 Å². The van der Waals surface area contributed by atoms with Gasteiger partial charge in [-0.25, -0.2) is 4.39 Å². The Morgan fingerprint density at radius 3 is 3.00 bits per heavy atom. The zero-order valence-corrected chi connectivity index (χ0v) is 13.2. The summed E-state index contributed by atoms with van der Waals surface area (Å²) >= 11 is 2.08. The summed E-state index contributed by atoms with van der Waals surface area (Å²) in [6.45, 7) is 4.24. The van der Waals surface area contributed by atoms with Crippen LogP contribution < -0.4 is 11.1 Å². The summed E-state index contributed by atoms with van der Waals surface area (Å²) in [6.07, 6.45) is 0. The molecule has 2 aliphatic heterocycles. The van der Waals surface area contributed by atoms with Gasteiger partial charge in [-0.2, -0.15) is 0 Å². The van der Waals surface area contributed by atoms with Gasteiger partial charge in [0.25, 0.3) is 0 Å². The van der Waals surface area contributed by atoms with Crippen LogP contribution in [0.25, 0.3) is 0 Å². The highest BCUT2D eigenvalue weighted by molar-refractivity contribution is 14.1. The average Bonchev–Trinajstić information content (AvgIpc) is 2.85. The van der Waals surface area contributed by atoms with E-state index in [1.54, 1.807) is 6.07 Å². The normalized spacial score (nSPS) is 18.2. The van der Waals surface area contributed by atoms with Gasteiger partial charge in [0, 0.05) is 10.1 Å². The number of rotatable bonds is 2. The van der Waals surface area contributed by atoms with Gasteiger partial charge in [0.15, 0.2) is 0 Å². The highest BCUT2D eigenvalue weighted by Gasteiger charge is 2.29. The molecule has 3 rings (SSSR count). The third-order valence-electron chi connectivity index (χ3n) is 3.43. The molecule has 1 saturated heterocycles. The van der Waals surface area contributed by atoms with E-state index in [0.29, 0.717) is 23.9 Å². The molecule has 106 valence electrons. The minimum atomic E-state index is -0.287. The van der Waals surface area contributed by atoms with Gasteiger partial charge in [0.1, 0.15) is 18.1 Å². The molecule has 0 saturated carbocycles. The van der Waals surface area contributed by atoms with Gasteiger partial charge in [-0.05, 0) is 53.3 Å². The summed E-state index contributed by atoms with van der Waals surface area (Å²) in [7, 11) is 0. The maximum absolute atomic E-state index is 13.9. The zero-order valence-electron chi connectivity index (χ0n) is 11.0. The Hall–Kier alpha value is -1.44. The lowest BCUT2D eigenvalue weighted by Crippen LogP contribution is -2.31. The van der Waals surface area contributed by atoms with Gasteiger partial charge in [0.2, 0.25) is 5.88 Å². The quantitative estimate of drug-likeness (QED) is 0.767. The number of hydrogen-bond donors (Lipinski definition) is 2. The van der Waals surface area contributed by atoms with Gasteiger partial charge in [-0.1, -0.05) is 0 Å². The van der Waals surface area contributed by atoms with Crippen LogP contribution in [-0.4, -0.2) is 24.6 Å². The standard InChI is InChI=1S/C14H15FIN3O/c1-8-7-19-4-5-20-14(19)12(17)13(8)18-11-3-2-9(16)6-10(11)15/h2-3,6,18H,4-5,7,17H2,1H3. The monoisotopic (exact) mass is 387 g/mol. The highest BCUT2D eigenvalue weighted by Crippen LogP contribution is 2.30. The highest BCUT2D eigenvalue weighted by atomic mass is 127. The summed E-state index contributed by atoms with van der Waals surface area (Å²) in [5.74, 6) is 0.411. The van der Waals surface area contributed by atoms with Gasteiger partial charge in [-0.15, -0.1) is 0 Å². The number of anilines is 1.